The van der Waals surface area contributed by atoms with Crippen LogP contribution in [0.1, 0.15) is 24.6 Å². The van der Waals surface area contributed by atoms with Crippen molar-refractivity contribution in [2.24, 2.45) is 0 Å². The number of ether oxygens (including phenoxy) is 1. The Hall–Kier alpha value is -1.89. The Balaban J connectivity index is 2.91. The van der Waals surface area contributed by atoms with E-state index in [-0.39, 0.29) is 24.0 Å². The lowest BCUT2D eigenvalue weighted by Crippen LogP contribution is -2.07. The summed E-state index contributed by atoms with van der Waals surface area (Å²) in [5, 5.41) is 8.68. The van der Waals surface area contributed by atoms with E-state index in [9.17, 15) is 4.79 Å². The molecule has 0 N–H and O–H groups in total. The standard InChI is InChI=1S/C10H10N2O2/c1-3-10(13)14-9-5-4-7(2)8(6-11)12-9/h4-5H,3H2,1-2H3. The molecule has 0 aliphatic carbocycles. The third-order valence-electron chi connectivity index (χ3n) is 1.68. The third kappa shape index (κ3) is 2.30. The van der Waals surface area contributed by atoms with Crippen molar-refractivity contribution in [2.45, 2.75) is 20.3 Å². The molecule has 1 rings (SSSR count). The zero-order valence-electron chi connectivity index (χ0n) is 8.07. The molecule has 1 aromatic rings. The van der Waals surface area contributed by atoms with Crippen LogP contribution in [0.3, 0.4) is 0 Å². The van der Waals surface area contributed by atoms with E-state index in [1.54, 1.807) is 26.0 Å². The van der Waals surface area contributed by atoms with Gasteiger partial charge >= 0.3 is 5.97 Å². The summed E-state index contributed by atoms with van der Waals surface area (Å²) < 4.78 is 4.86. The van der Waals surface area contributed by atoms with Gasteiger partial charge in [-0.1, -0.05) is 13.0 Å². The Morgan fingerprint density at radius 3 is 2.93 bits per heavy atom. The molecule has 4 heteroatoms. The van der Waals surface area contributed by atoms with Crippen molar-refractivity contribution in [2.75, 3.05) is 0 Å². The zero-order valence-corrected chi connectivity index (χ0v) is 8.07. The van der Waals surface area contributed by atoms with Crippen LogP contribution in [0.15, 0.2) is 12.1 Å². The maximum atomic E-state index is 10.9. The fourth-order valence-electron chi connectivity index (χ4n) is 0.870. The van der Waals surface area contributed by atoms with E-state index in [1.807, 2.05) is 6.07 Å². The maximum Gasteiger partial charge on any atom is 0.312 e. The second-order valence-electron chi connectivity index (χ2n) is 2.75. The molecule has 4 nitrogen and oxygen atoms in total. The Morgan fingerprint density at radius 2 is 2.36 bits per heavy atom. The summed E-state index contributed by atoms with van der Waals surface area (Å²) in [6, 6.07) is 5.20. The van der Waals surface area contributed by atoms with Crippen LogP contribution in [0, 0.1) is 18.3 Å². The van der Waals surface area contributed by atoms with Gasteiger partial charge in [0, 0.05) is 12.5 Å². The number of aromatic nitrogens is 1. The van der Waals surface area contributed by atoms with Gasteiger partial charge in [0.2, 0.25) is 5.88 Å². The molecule has 0 fully saturated rings. The molecule has 0 spiro atoms. The summed E-state index contributed by atoms with van der Waals surface area (Å²) in [6.07, 6.45) is 0.289. The monoisotopic (exact) mass is 190 g/mol. The van der Waals surface area contributed by atoms with Crippen LogP contribution in [0.25, 0.3) is 0 Å². The molecule has 72 valence electrons. The number of hydrogen-bond acceptors (Lipinski definition) is 4. The number of hydrogen-bond donors (Lipinski definition) is 0. The van der Waals surface area contributed by atoms with Gasteiger partial charge in [-0.2, -0.15) is 5.26 Å². The molecule has 14 heavy (non-hydrogen) atoms. The van der Waals surface area contributed by atoms with E-state index < -0.39 is 0 Å². The summed E-state index contributed by atoms with van der Waals surface area (Å²) in [4.78, 5) is 14.8. The first-order valence-corrected chi connectivity index (χ1v) is 4.25. The minimum atomic E-state index is -0.356. The molecule has 0 unspecified atom stereocenters. The lowest BCUT2D eigenvalue weighted by Gasteiger charge is -2.02. The Labute approximate surface area is 82.1 Å². The molecule has 0 saturated heterocycles. The van der Waals surface area contributed by atoms with Gasteiger partial charge in [-0.3, -0.25) is 4.79 Å². The van der Waals surface area contributed by atoms with Crippen molar-refractivity contribution < 1.29 is 9.53 Å². The summed E-state index contributed by atoms with van der Waals surface area (Å²) in [6.45, 7) is 3.47. The van der Waals surface area contributed by atoms with Crippen molar-refractivity contribution in [3.8, 4) is 11.9 Å². The van der Waals surface area contributed by atoms with Crippen LogP contribution in [-0.4, -0.2) is 11.0 Å². The van der Waals surface area contributed by atoms with Crippen molar-refractivity contribution in [3.63, 3.8) is 0 Å². The van der Waals surface area contributed by atoms with Gasteiger partial charge in [-0.25, -0.2) is 4.98 Å². The van der Waals surface area contributed by atoms with E-state index in [0.29, 0.717) is 0 Å². The normalized spacial score (nSPS) is 9.21. The predicted molar refractivity (Wildman–Crippen MR) is 49.6 cm³/mol. The van der Waals surface area contributed by atoms with Crippen LogP contribution in [0.5, 0.6) is 5.88 Å². The molecule has 0 radical (unpaired) electrons. The molecule has 1 heterocycles. The number of carbonyl (C=O) groups excluding carboxylic acids is 1. The van der Waals surface area contributed by atoms with Crippen LogP contribution in [0.2, 0.25) is 0 Å². The molecule has 0 aliphatic heterocycles. The maximum absolute atomic E-state index is 10.9. The highest BCUT2D eigenvalue weighted by atomic mass is 16.5. The van der Waals surface area contributed by atoms with Gasteiger partial charge in [0.1, 0.15) is 11.8 Å². The minimum absolute atomic E-state index is 0.180. The lowest BCUT2D eigenvalue weighted by atomic mass is 10.2. The number of pyridine rings is 1. The zero-order chi connectivity index (χ0) is 10.6. The van der Waals surface area contributed by atoms with E-state index in [4.69, 9.17) is 10.00 Å². The van der Waals surface area contributed by atoms with E-state index in [2.05, 4.69) is 4.98 Å². The number of nitriles is 1. The SMILES string of the molecule is CCC(=O)Oc1ccc(C)c(C#N)n1. The summed E-state index contributed by atoms with van der Waals surface area (Å²) in [5.74, 6) is -0.177. The van der Waals surface area contributed by atoms with Crippen molar-refractivity contribution in [1.82, 2.24) is 4.98 Å². The van der Waals surface area contributed by atoms with E-state index in [1.165, 1.54) is 0 Å². The highest BCUT2D eigenvalue weighted by Crippen LogP contribution is 2.11. The molecule has 0 aromatic carbocycles. The molecule has 0 amide bonds. The number of rotatable bonds is 2. The predicted octanol–water partition coefficient (Wildman–Crippen LogP) is 1.58. The first-order chi connectivity index (χ1) is 6.67. The largest absolute Gasteiger partial charge is 0.407 e. The Kier molecular flexibility index (Phi) is 3.19. The minimum Gasteiger partial charge on any atom is -0.407 e. The summed E-state index contributed by atoms with van der Waals surface area (Å²) in [5.41, 5.74) is 1.05. The van der Waals surface area contributed by atoms with Crippen LogP contribution < -0.4 is 4.74 Å². The van der Waals surface area contributed by atoms with E-state index >= 15 is 0 Å². The summed E-state index contributed by atoms with van der Waals surface area (Å²) >= 11 is 0. The fourth-order valence-corrected chi connectivity index (χ4v) is 0.870. The van der Waals surface area contributed by atoms with Gasteiger partial charge in [-0.05, 0) is 12.5 Å². The van der Waals surface area contributed by atoms with E-state index in [0.717, 1.165) is 5.56 Å². The quantitative estimate of drug-likeness (QED) is 0.664. The van der Waals surface area contributed by atoms with Crippen LogP contribution >= 0.6 is 0 Å². The number of carbonyl (C=O) groups is 1. The van der Waals surface area contributed by atoms with Crippen molar-refractivity contribution >= 4 is 5.97 Å². The van der Waals surface area contributed by atoms with Gasteiger partial charge in [-0.15, -0.1) is 0 Å². The van der Waals surface area contributed by atoms with Gasteiger partial charge in [0.25, 0.3) is 0 Å². The van der Waals surface area contributed by atoms with Gasteiger partial charge < -0.3 is 4.74 Å². The average molecular weight is 190 g/mol. The highest BCUT2D eigenvalue weighted by molar-refractivity contribution is 5.71. The average Bonchev–Trinajstić information content (AvgIpc) is 2.20. The summed E-state index contributed by atoms with van der Waals surface area (Å²) in [7, 11) is 0. The molecule has 1 aromatic heterocycles. The number of nitrogens with zero attached hydrogens (tertiary/aromatic N) is 2. The molecular weight excluding hydrogens is 180 g/mol. The Morgan fingerprint density at radius 1 is 1.64 bits per heavy atom. The molecule has 0 saturated carbocycles. The topological polar surface area (TPSA) is 63.0 Å². The number of esters is 1. The first-order valence-electron chi connectivity index (χ1n) is 4.25. The molecule has 0 atom stereocenters. The molecule has 0 aliphatic rings. The Bertz CT molecular complexity index is 394. The second-order valence-corrected chi connectivity index (χ2v) is 2.75. The smallest absolute Gasteiger partial charge is 0.312 e. The fraction of sp³-hybridized carbons (Fsp3) is 0.300. The van der Waals surface area contributed by atoms with Gasteiger partial charge in [0.05, 0.1) is 0 Å². The lowest BCUT2D eigenvalue weighted by molar-refractivity contribution is -0.134. The first kappa shape index (κ1) is 10.2. The second kappa shape index (κ2) is 4.38. The molecular formula is C10H10N2O2. The number of aryl methyl sites for hydroxylation is 1. The van der Waals surface area contributed by atoms with Crippen LogP contribution in [0.4, 0.5) is 0 Å². The van der Waals surface area contributed by atoms with Crippen molar-refractivity contribution in [1.29, 1.82) is 5.26 Å². The van der Waals surface area contributed by atoms with Crippen LogP contribution in [-0.2, 0) is 4.79 Å². The highest BCUT2D eigenvalue weighted by Gasteiger charge is 2.05. The molecule has 0 bridgehead atoms. The van der Waals surface area contributed by atoms with Crippen molar-refractivity contribution in [3.05, 3.63) is 23.4 Å². The third-order valence-corrected chi connectivity index (χ3v) is 1.68. The van der Waals surface area contributed by atoms with Gasteiger partial charge in [0.15, 0.2) is 0 Å².